The van der Waals surface area contributed by atoms with Crippen LogP contribution in [0.25, 0.3) is 10.8 Å². The fourth-order valence-corrected chi connectivity index (χ4v) is 5.13. The topological polar surface area (TPSA) is 72.4 Å². The molecule has 0 spiro atoms. The van der Waals surface area contributed by atoms with Crippen LogP contribution in [0, 0.1) is 6.92 Å². The van der Waals surface area contributed by atoms with Gasteiger partial charge in [0.25, 0.3) is 0 Å². The number of aromatic nitrogens is 2. The molecule has 0 bridgehead atoms. The summed E-state index contributed by atoms with van der Waals surface area (Å²) < 4.78 is 33.2. The summed E-state index contributed by atoms with van der Waals surface area (Å²) in [5, 5.41) is 10.0. The van der Waals surface area contributed by atoms with Crippen LogP contribution in [0.4, 0.5) is 0 Å². The van der Waals surface area contributed by atoms with Gasteiger partial charge in [-0.25, -0.2) is 12.7 Å². The molecule has 2 aromatic carbocycles. The van der Waals surface area contributed by atoms with Crippen molar-refractivity contribution in [2.45, 2.75) is 31.6 Å². The molecule has 0 saturated carbocycles. The second-order valence-electron chi connectivity index (χ2n) is 7.20. The molecule has 0 atom stereocenters. The third-order valence-corrected chi connectivity index (χ3v) is 6.89. The van der Waals surface area contributed by atoms with Crippen molar-refractivity contribution in [3.8, 4) is 5.88 Å². The summed E-state index contributed by atoms with van der Waals surface area (Å²) in [6.45, 7) is 2.88. The van der Waals surface area contributed by atoms with E-state index in [0.717, 1.165) is 21.9 Å². The molecule has 1 aliphatic rings. The molecule has 28 heavy (non-hydrogen) atoms. The van der Waals surface area contributed by atoms with Crippen molar-refractivity contribution in [3.05, 3.63) is 65.9 Å². The van der Waals surface area contributed by atoms with Crippen molar-refractivity contribution in [3.63, 3.8) is 0 Å². The lowest BCUT2D eigenvalue weighted by molar-refractivity contribution is 0.130. The Bertz CT molecular complexity index is 1070. The van der Waals surface area contributed by atoms with Crippen molar-refractivity contribution < 1.29 is 13.2 Å². The lowest BCUT2D eigenvalue weighted by Gasteiger charge is -2.31. The summed E-state index contributed by atoms with van der Waals surface area (Å²) >= 11 is 0. The second-order valence-corrected chi connectivity index (χ2v) is 9.17. The Kier molecular flexibility index (Phi) is 5.28. The summed E-state index contributed by atoms with van der Waals surface area (Å²) in [6.07, 6.45) is 2.92. The van der Waals surface area contributed by atoms with Gasteiger partial charge in [0.15, 0.2) is 0 Å². The van der Waals surface area contributed by atoms with Crippen LogP contribution in [-0.2, 0) is 15.8 Å². The smallest absolute Gasteiger partial charge is 0.241 e. The van der Waals surface area contributed by atoms with Crippen molar-refractivity contribution >= 4 is 20.8 Å². The number of benzene rings is 2. The van der Waals surface area contributed by atoms with E-state index in [1.165, 1.54) is 0 Å². The van der Waals surface area contributed by atoms with Crippen molar-refractivity contribution in [1.82, 2.24) is 14.5 Å². The van der Waals surface area contributed by atoms with Gasteiger partial charge in [0.05, 0.1) is 11.9 Å². The monoisotopic (exact) mass is 397 g/mol. The molecule has 1 aromatic heterocycles. The summed E-state index contributed by atoms with van der Waals surface area (Å²) in [5.74, 6) is 0.550. The highest BCUT2D eigenvalue weighted by Crippen LogP contribution is 2.26. The largest absolute Gasteiger partial charge is 0.473 e. The van der Waals surface area contributed by atoms with E-state index in [1.807, 2.05) is 55.5 Å². The predicted molar refractivity (Wildman–Crippen MR) is 109 cm³/mol. The van der Waals surface area contributed by atoms with E-state index in [2.05, 4.69) is 10.2 Å². The summed E-state index contributed by atoms with van der Waals surface area (Å²) in [4.78, 5) is 0. The van der Waals surface area contributed by atoms with E-state index in [1.54, 1.807) is 10.5 Å². The molecule has 1 fully saturated rings. The van der Waals surface area contributed by atoms with Crippen LogP contribution < -0.4 is 4.74 Å². The number of hydrogen-bond donors (Lipinski definition) is 0. The van der Waals surface area contributed by atoms with Crippen LogP contribution >= 0.6 is 0 Å². The molecule has 0 unspecified atom stereocenters. The quantitative estimate of drug-likeness (QED) is 0.660. The first-order valence-corrected chi connectivity index (χ1v) is 11.0. The van der Waals surface area contributed by atoms with E-state index >= 15 is 0 Å². The number of fused-ring (bicyclic) bond motifs is 1. The summed E-state index contributed by atoms with van der Waals surface area (Å²) in [7, 11) is -3.33. The average Bonchev–Trinajstić information content (AvgIpc) is 2.68. The SMILES string of the molecule is Cc1cccc(CS(=O)(=O)N2CCC(Oc3nncc4ccccc34)CC2)c1. The van der Waals surface area contributed by atoms with Crippen molar-refractivity contribution in [2.75, 3.05) is 13.1 Å². The van der Waals surface area contributed by atoms with Gasteiger partial charge >= 0.3 is 0 Å². The Balaban J connectivity index is 1.40. The van der Waals surface area contributed by atoms with E-state index in [4.69, 9.17) is 4.74 Å². The van der Waals surface area contributed by atoms with Gasteiger partial charge in [-0.1, -0.05) is 48.0 Å². The van der Waals surface area contributed by atoms with Gasteiger partial charge in [-0.05, 0) is 31.4 Å². The van der Waals surface area contributed by atoms with Gasteiger partial charge in [0, 0.05) is 23.9 Å². The van der Waals surface area contributed by atoms with Gasteiger partial charge in [-0.3, -0.25) is 0 Å². The Morgan fingerprint density at radius 1 is 1.11 bits per heavy atom. The Morgan fingerprint density at radius 2 is 1.89 bits per heavy atom. The number of nitrogens with zero attached hydrogens (tertiary/aromatic N) is 3. The van der Waals surface area contributed by atoms with Gasteiger partial charge in [0.2, 0.25) is 15.9 Å². The number of aryl methyl sites for hydroxylation is 1. The molecule has 0 amide bonds. The number of hydrogen-bond acceptors (Lipinski definition) is 5. The molecule has 146 valence electrons. The number of ether oxygens (including phenoxy) is 1. The first kappa shape index (κ1) is 18.8. The predicted octanol–water partition coefficient (Wildman–Crippen LogP) is 3.31. The summed E-state index contributed by atoms with van der Waals surface area (Å²) in [5.41, 5.74) is 1.89. The molecule has 1 aliphatic heterocycles. The van der Waals surface area contributed by atoms with Crippen LogP contribution in [0.5, 0.6) is 5.88 Å². The third kappa shape index (κ3) is 4.15. The molecule has 0 radical (unpaired) electrons. The molecular weight excluding hydrogens is 374 g/mol. The zero-order chi connectivity index (χ0) is 19.6. The lowest BCUT2D eigenvalue weighted by Crippen LogP contribution is -2.42. The maximum absolute atomic E-state index is 12.8. The first-order chi connectivity index (χ1) is 13.5. The second kappa shape index (κ2) is 7.85. The fraction of sp³-hybridized carbons (Fsp3) is 0.333. The first-order valence-electron chi connectivity index (χ1n) is 9.42. The minimum atomic E-state index is -3.33. The fourth-order valence-electron chi connectivity index (χ4n) is 3.58. The molecule has 6 nitrogen and oxygen atoms in total. The molecule has 4 rings (SSSR count). The van der Waals surface area contributed by atoms with E-state index in [9.17, 15) is 8.42 Å². The number of piperidine rings is 1. The van der Waals surface area contributed by atoms with E-state index in [0.29, 0.717) is 31.8 Å². The molecule has 1 saturated heterocycles. The minimum Gasteiger partial charge on any atom is -0.473 e. The Labute approximate surface area is 165 Å². The maximum atomic E-state index is 12.8. The van der Waals surface area contributed by atoms with Crippen LogP contribution in [-0.4, -0.2) is 42.1 Å². The molecule has 7 heteroatoms. The number of rotatable bonds is 5. The van der Waals surface area contributed by atoms with Crippen molar-refractivity contribution in [1.29, 1.82) is 0 Å². The molecule has 0 aliphatic carbocycles. The third-order valence-electron chi connectivity index (χ3n) is 5.04. The lowest BCUT2D eigenvalue weighted by atomic mass is 10.1. The highest BCUT2D eigenvalue weighted by Gasteiger charge is 2.29. The standard InChI is InChI=1S/C21H23N3O3S/c1-16-5-4-6-17(13-16)15-28(25,26)24-11-9-19(10-12-24)27-21-20-8-3-2-7-18(20)14-22-23-21/h2-8,13-14,19H,9-12,15H2,1H3. The average molecular weight is 398 g/mol. The Morgan fingerprint density at radius 3 is 2.68 bits per heavy atom. The van der Waals surface area contributed by atoms with E-state index in [-0.39, 0.29) is 11.9 Å². The normalized spacial score (nSPS) is 16.3. The van der Waals surface area contributed by atoms with Crippen LogP contribution in [0.3, 0.4) is 0 Å². The maximum Gasteiger partial charge on any atom is 0.241 e. The van der Waals surface area contributed by atoms with Gasteiger partial charge < -0.3 is 4.74 Å². The van der Waals surface area contributed by atoms with Gasteiger partial charge in [-0.2, -0.15) is 5.10 Å². The number of sulfonamides is 1. The Hall–Kier alpha value is -2.51. The zero-order valence-corrected chi connectivity index (χ0v) is 16.6. The minimum absolute atomic E-state index is 0.0367. The highest BCUT2D eigenvalue weighted by molar-refractivity contribution is 7.88. The summed E-state index contributed by atoms with van der Waals surface area (Å²) in [6, 6.07) is 15.5. The van der Waals surface area contributed by atoms with Crippen molar-refractivity contribution in [2.24, 2.45) is 0 Å². The zero-order valence-electron chi connectivity index (χ0n) is 15.8. The molecule has 0 N–H and O–H groups in total. The molecular formula is C21H23N3O3S. The van der Waals surface area contributed by atoms with Gasteiger partial charge in [-0.15, -0.1) is 5.10 Å². The van der Waals surface area contributed by atoms with Gasteiger partial charge in [0.1, 0.15) is 6.10 Å². The van der Waals surface area contributed by atoms with Crippen LogP contribution in [0.1, 0.15) is 24.0 Å². The van der Waals surface area contributed by atoms with Crippen LogP contribution in [0.15, 0.2) is 54.7 Å². The highest BCUT2D eigenvalue weighted by atomic mass is 32.2. The molecule has 3 aromatic rings. The van der Waals surface area contributed by atoms with Crippen LogP contribution in [0.2, 0.25) is 0 Å². The molecule has 2 heterocycles. The van der Waals surface area contributed by atoms with E-state index < -0.39 is 10.0 Å².